The average Bonchev–Trinajstić information content (AvgIpc) is 3.16. The van der Waals surface area contributed by atoms with Gasteiger partial charge in [0.2, 0.25) is 5.91 Å². The Morgan fingerprint density at radius 1 is 1.23 bits per heavy atom. The number of nitrogens with one attached hydrogen (secondary N) is 1. The zero-order valence-corrected chi connectivity index (χ0v) is 14.8. The quantitative estimate of drug-likeness (QED) is 0.778. The zero-order chi connectivity index (χ0) is 18.1. The summed E-state index contributed by atoms with van der Waals surface area (Å²) in [5.41, 5.74) is 4.03. The molecule has 0 aliphatic carbocycles. The minimum absolute atomic E-state index is 0.0927. The number of aromatic nitrogens is 3. The van der Waals surface area contributed by atoms with Gasteiger partial charge in [-0.15, -0.1) is 0 Å². The van der Waals surface area contributed by atoms with Crippen LogP contribution in [-0.2, 0) is 24.2 Å². The average molecular weight is 352 g/mol. The molecule has 0 saturated heterocycles. The minimum atomic E-state index is 0.0927. The molecule has 3 aromatic rings. The molecule has 1 aliphatic rings. The van der Waals surface area contributed by atoms with E-state index in [1.165, 1.54) is 5.56 Å². The number of carbonyl (C=O) groups excluding carboxylic acids is 1. The molecule has 134 valence electrons. The van der Waals surface area contributed by atoms with Gasteiger partial charge in [-0.3, -0.25) is 9.89 Å². The topological polar surface area (TPSA) is 80.3 Å². The molecule has 0 bridgehead atoms. The summed E-state index contributed by atoms with van der Waals surface area (Å²) in [6.07, 6.45) is 4.79. The Morgan fingerprint density at radius 3 is 2.88 bits per heavy atom. The third-order valence-corrected chi connectivity index (χ3v) is 4.83. The maximum atomic E-state index is 12.8. The first-order valence-corrected chi connectivity index (χ1v) is 8.48. The lowest BCUT2D eigenvalue weighted by Crippen LogP contribution is -2.37. The number of ether oxygens (including phenoxy) is 2. The summed E-state index contributed by atoms with van der Waals surface area (Å²) in [5, 5.41) is 8.00. The predicted molar refractivity (Wildman–Crippen MR) is 96.3 cm³/mol. The van der Waals surface area contributed by atoms with E-state index in [1.807, 2.05) is 35.5 Å². The molecule has 0 fully saturated rings. The molecule has 1 aliphatic heterocycles. The van der Waals surface area contributed by atoms with Crippen molar-refractivity contribution >= 4 is 16.9 Å². The summed E-state index contributed by atoms with van der Waals surface area (Å²) >= 11 is 0. The summed E-state index contributed by atoms with van der Waals surface area (Å²) in [6, 6.07) is 5.57. The van der Waals surface area contributed by atoms with Gasteiger partial charge >= 0.3 is 0 Å². The number of nitrogens with zero attached hydrogens (tertiary/aromatic N) is 3. The first-order chi connectivity index (χ1) is 12.7. The molecule has 2 aromatic heterocycles. The van der Waals surface area contributed by atoms with Crippen LogP contribution in [0.1, 0.15) is 16.7 Å². The number of hydrogen-bond donors (Lipinski definition) is 1. The van der Waals surface area contributed by atoms with E-state index in [2.05, 4.69) is 15.2 Å². The Bertz CT molecular complexity index is 967. The van der Waals surface area contributed by atoms with Crippen molar-refractivity contribution < 1.29 is 14.3 Å². The number of fused-ring (bicyclic) bond motifs is 3. The highest BCUT2D eigenvalue weighted by Gasteiger charge is 2.23. The molecule has 1 N–H and O–H groups in total. The maximum absolute atomic E-state index is 12.8. The van der Waals surface area contributed by atoms with Crippen LogP contribution < -0.4 is 9.47 Å². The third kappa shape index (κ3) is 2.85. The number of amides is 1. The number of rotatable bonds is 4. The molecular weight excluding hydrogens is 332 g/mol. The van der Waals surface area contributed by atoms with Crippen molar-refractivity contribution in [3.8, 4) is 11.5 Å². The number of H-pyrrole nitrogens is 1. The van der Waals surface area contributed by atoms with Crippen LogP contribution in [-0.4, -0.2) is 46.8 Å². The molecule has 1 amide bonds. The molecule has 26 heavy (non-hydrogen) atoms. The molecule has 0 atom stereocenters. The van der Waals surface area contributed by atoms with Crippen LogP contribution in [0.3, 0.4) is 0 Å². The second kappa shape index (κ2) is 6.67. The van der Waals surface area contributed by atoms with Gasteiger partial charge in [0, 0.05) is 24.7 Å². The van der Waals surface area contributed by atoms with E-state index in [-0.39, 0.29) is 5.91 Å². The molecule has 1 aromatic carbocycles. The second-order valence-corrected chi connectivity index (χ2v) is 6.33. The van der Waals surface area contributed by atoms with E-state index in [0.29, 0.717) is 31.0 Å². The van der Waals surface area contributed by atoms with Crippen LogP contribution in [0, 0.1) is 0 Å². The summed E-state index contributed by atoms with van der Waals surface area (Å²) in [5.74, 6) is 1.38. The minimum Gasteiger partial charge on any atom is -0.493 e. The van der Waals surface area contributed by atoms with Crippen LogP contribution in [0.4, 0.5) is 0 Å². The van der Waals surface area contributed by atoms with E-state index in [4.69, 9.17) is 9.47 Å². The van der Waals surface area contributed by atoms with E-state index >= 15 is 0 Å². The van der Waals surface area contributed by atoms with Crippen molar-refractivity contribution in [1.29, 1.82) is 0 Å². The van der Waals surface area contributed by atoms with Crippen LogP contribution in [0.2, 0.25) is 0 Å². The van der Waals surface area contributed by atoms with Gasteiger partial charge in [-0.25, -0.2) is 4.98 Å². The monoisotopic (exact) mass is 352 g/mol. The molecule has 4 rings (SSSR count). The van der Waals surface area contributed by atoms with Gasteiger partial charge in [0.25, 0.3) is 0 Å². The van der Waals surface area contributed by atoms with Gasteiger partial charge in [0.15, 0.2) is 17.1 Å². The molecule has 0 saturated carbocycles. The smallest absolute Gasteiger partial charge is 0.227 e. The lowest BCUT2D eigenvalue weighted by atomic mass is 9.98. The fraction of sp³-hybridized carbons (Fsp3) is 0.316. The van der Waals surface area contributed by atoms with E-state index in [1.54, 1.807) is 14.2 Å². The summed E-state index contributed by atoms with van der Waals surface area (Å²) in [4.78, 5) is 19.0. The van der Waals surface area contributed by atoms with Crippen LogP contribution in [0.5, 0.6) is 11.5 Å². The van der Waals surface area contributed by atoms with Gasteiger partial charge in [-0.05, 0) is 35.2 Å². The lowest BCUT2D eigenvalue weighted by Gasteiger charge is -2.29. The highest BCUT2D eigenvalue weighted by molar-refractivity contribution is 5.82. The zero-order valence-electron chi connectivity index (χ0n) is 14.8. The van der Waals surface area contributed by atoms with Gasteiger partial charge in [-0.2, -0.15) is 5.10 Å². The highest BCUT2D eigenvalue weighted by atomic mass is 16.5. The van der Waals surface area contributed by atoms with Gasteiger partial charge in [0.05, 0.1) is 26.8 Å². The molecule has 7 nitrogen and oxygen atoms in total. The number of methoxy groups -OCH3 is 2. The lowest BCUT2D eigenvalue weighted by molar-refractivity contribution is -0.131. The Balaban J connectivity index is 1.51. The normalized spacial score (nSPS) is 13.5. The predicted octanol–water partition coefficient (Wildman–Crippen LogP) is 2.10. The molecule has 3 heterocycles. The van der Waals surface area contributed by atoms with Crippen LogP contribution in [0.15, 0.2) is 30.6 Å². The Kier molecular flexibility index (Phi) is 4.20. The van der Waals surface area contributed by atoms with Gasteiger partial charge in [0.1, 0.15) is 0 Å². The third-order valence-electron chi connectivity index (χ3n) is 4.83. The fourth-order valence-corrected chi connectivity index (χ4v) is 3.44. The second-order valence-electron chi connectivity index (χ2n) is 6.33. The molecule has 7 heteroatoms. The van der Waals surface area contributed by atoms with Crippen molar-refractivity contribution in [3.05, 3.63) is 47.3 Å². The summed E-state index contributed by atoms with van der Waals surface area (Å²) < 4.78 is 10.6. The molecule has 0 unspecified atom stereocenters. The Labute approximate surface area is 150 Å². The summed E-state index contributed by atoms with van der Waals surface area (Å²) in [7, 11) is 3.19. The molecular formula is C19H20N4O3. The van der Waals surface area contributed by atoms with Crippen molar-refractivity contribution in [3.63, 3.8) is 0 Å². The number of carbonyl (C=O) groups is 1. The van der Waals surface area contributed by atoms with Gasteiger partial charge in [-0.1, -0.05) is 6.07 Å². The van der Waals surface area contributed by atoms with E-state index < -0.39 is 0 Å². The first-order valence-electron chi connectivity index (χ1n) is 8.48. The SMILES string of the molecule is COc1ccc(CC(=O)N2CCc3c(cnc4[nH]ncc34)C2)cc1OC. The largest absolute Gasteiger partial charge is 0.493 e. The molecule has 0 spiro atoms. The first kappa shape index (κ1) is 16.4. The van der Waals surface area contributed by atoms with E-state index in [9.17, 15) is 4.79 Å². The highest BCUT2D eigenvalue weighted by Crippen LogP contribution is 2.29. The van der Waals surface area contributed by atoms with E-state index in [0.717, 1.165) is 28.6 Å². The standard InChI is InChI=1S/C19H20N4O3/c1-25-16-4-3-12(7-17(16)26-2)8-18(24)23-6-5-14-13(11-23)9-20-19-15(14)10-21-22-19/h3-4,7,9-10H,5-6,8,11H2,1-2H3,(H,20,21,22). The Hall–Kier alpha value is -3.09. The van der Waals surface area contributed by atoms with Crippen molar-refractivity contribution in [1.82, 2.24) is 20.1 Å². The summed E-state index contributed by atoms with van der Waals surface area (Å²) in [6.45, 7) is 1.28. The van der Waals surface area contributed by atoms with Gasteiger partial charge < -0.3 is 14.4 Å². The van der Waals surface area contributed by atoms with Crippen LogP contribution in [0.25, 0.3) is 11.0 Å². The number of aromatic amines is 1. The van der Waals surface area contributed by atoms with Crippen molar-refractivity contribution in [2.75, 3.05) is 20.8 Å². The fourth-order valence-electron chi connectivity index (χ4n) is 3.44. The van der Waals surface area contributed by atoms with Crippen LogP contribution >= 0.6 is 0 Å². The number of pyridine rings is 1. The number of benzene rings is 1. The Morgan fingerprint density at radius 2 is 2.08 bits per heavy atom. The maximum Gasteiger partial charge on any atom is 0.227 e. The van der Waals surface area contributed by atoms with Crippen molar-refractivity contribution in [2.45, 2.75) is 19.4 Å². The number of hydrogen-bond acceptors (Lipinski definition) is 5. The molecule has 0 radical (unpaired) electrons. The van der Waals surface area contributed by atoms with Crippen molar-refractivity contribution in [2.24, 2.45) is 0 Å².